The molecule has 1 atom stereocenters. The highest BCUT2D eigenvalue weighted by atomic mass is 16.6. The first kappa shape index (κ1) is 75.6. The molecule has 0 spiro atoms. The van der Waals surface area contributed by atoms with Gasteiger partial charge in [0.25, 0.3) is 0 Å². The molecule has 0 N–H and O–H groups in total. The summed E-state index contributed by atoms with van der Waals surface area (Å²) >= 11 is 0. The van der Waals surface area contributed by atoms with Crippen LogP contribution < -0.4 is 0 Å². The molecular weight excluding hydrogens is 973 g/mol. The van der Waals surface area contributed by atoms with Gasteiger partial charge in [-0.15, -0.1) is 0 Å². The van der Waals surface area contributed by atoms with Crippen LogP contribution in [0.25, 0.3) is 0 Å². The molecule has 1 unspecified atom stereocenters. The Labute approximate surface area is 490 Å². The first-order valence-electron chi connectivity index (χ1n) is 34.1. The molecule has 0 saturated carbocycles. The van der Waals surface area contributed by atoms with E-state index in [-0.39, 0.29) is 31.1 Å². The normalized spacial score (nSPS) is 12.6. The molecule has 0 aliphatic carbocycles. The van der Waals surface area contributed by atoms with Gasteiger partial charge in [0, 0.05) is 19.3 Å². The van der Waals surface area contributed by atoms with Crippen LogP contribution in [0.15, 0.2) is 85.1 Å². The maximum Gasteiger partial charge on any atom is 0.306 e. The summed E-state index contributed by atoms with van der Waals surface area (Å²) in [5.41, 5.74) is 0. The summed E-state index contributed by atoms with van der Waals surface area (Å²) in [4.78, 5) is 38.2. The van der Waals surface area contributed by atoms with Crippen LogP contribution in [0.5, 0.6) is 0 Å². The molecule has 0 bridgehead atoms. The van der Waals surface area contributed by atoms with E-state index in [2.05, 4.69) is 106 Å². The average Bonchev–Trinajstić information content (AvgIpc) is 3.45. The number of hydrogen-bond acceptors (Lipinski definition) is 6. The highest BCUT2D eigenvalue weighted by Gasteiger charge is 2.19. The molecule has 0 amide bonds. The van der Waals surface area contributed by atoms with E-state index in [0.717, 1.165) is 116 Å². The van der Waals surface area contributed by atoms with E-state index < -0.39 is 6.10 Å². The van der Waals surface area contributed by atoms with Crippen molar-refractivity contribution in [1.82, 2.24) is 0 Å². The van der Waals surface area contributed by atoms with Crippen molar-refractivity contribution in [2.45, 2.75) is 348 Å². The van der Waals surface area contributed by atoms with E-state index in [0.29, 0.717) is 19.3 Å². The molecule has 0 aromatic rings. The highest BCUT2D eigenvalue weighted by Crippen LogP contribution is 2.17. The molecule has 0 heterocycles. The zero-order chi connectivity index (χ0) is 57.1. The van der Waals surface area contributed by atoms with Crippen LogP contribution >= 0.6 is 0 Å². The Morgan fingerprint density at radius 1 is 0.266 bits per heavy atom. The largest absolute Gasteiger partial charge is 0.462 e. The molecule has 0 aliphatic heterocycles. The zero-order valence-electron chi connectivity index (χ0n) is 52.4. The third kappa shape index (κ3) is 65.3. The highest BCUT2D eigenvalue weighted by molar-refractivity contribution is 5.71. The van der Waals surface area contributed by atoms with Crippen molar-refractivity contribution in [2.24, 2.45) is 0 Å². The van der Waals surface area contributed by atoms with Crippen molar-refractivity contribution < 1.29 is 28.6 Å². The lowest BCUT2D eigenvalue weighted by Crippen LogP contribution is -2.30. The summed E-state index contributed by atoms with van der Waals surface area (Å²) < 4.78 is 16.9. The van der Waals surface area contributed by atoms with Crippen LogP contribution in [0.3, 0.4) is 0 Å². The van der Waals surface area contributed by atoms with Crippen molar-refractivity contribution in [1.29, 1.82) is 0 Å². The number of hydrogen-bond donors (Lipinski definition) is 0. The van der Waals surface area contributed by atoms with Gasteiger partial charge in [0.1, 0.15) is 13.2 Å². The van der Waals surface area contributed by atoms with Gasteiger partial charge in [-0.3, -0.25) is 14.4 Å². The second-order valence-electron chi connectivity index (χ2n) is 22.7. The molecule has 0 aromatic carbocycles. The molecule has 6 heteroatoms. The molecule has 0 aromatic heterocycles. The first-order chi connectivity index (χ1) is 39.0. The molecule has 0 radical (unpaired) electrons. The molecular formula is C73H128O6. The first-order valence-corrected chi connectivity index (χ1v) is 34.1. The maximum atomic E-state index is 12.9. The van der Waals surface area contributed by atoms with Gasteiger partial charge < -0.3 is 14.2 Å². The Morgan fingerprint density at radius 3 is 0.823 bits per heavy atom. The van der Waals surface area contributed by atoms with E-state index in [1.807, 2.05) is 0 Å². The maximum absolute atomic E-state index is 12.9. The lowest BCUT2D eigenvalue weighted by Gasteiger charge is -2.18. The molecule has 0 rings (SSSR count). The quantitative estimate of drug-likeness (QED) is 0.0261. The Kier molecular flexibility index (Phi) is 64.2. The van der Waals surface area contributed by atoms with Gasteiger partial charge in [-0.2, -0.15) is 0 Å². The molecule has 0 fully saturated rings. The van der Waals surface area contributed by atoms with Crippen LogP contribution in [0, 0.1) is 0 Å². The topological polar surface area (TPSA) is 78.9 Å². The summed E-state index contributed by atoms with van der Waals surface area (Å²) in [5, 5.41) is 0. The fraction of sp³-hybridized carbons (Fsp3) is 0.767. The Bertz CT molecular complexity index is 1500. The summed E-state index contributed by atoms with van der Waals surface area (Å²) in [5.74, 6) is -0.890. The summed E-state index contributed by atoms with van der Waals surface area (Å²) in [6, 6.07) is 0. The van der Waals surface area contributed by atoms with Gasteiger partial charge in [-0.25, -0.2) is 0 Å². The molecule has 0 aliphatic rings. The number of unbranched alkanes of at least 4 members (excludes halogenated alkanes) is 37. The molecule has 79 heavy (non-hydrogen) atoms. The van der Waals surface area contributed by atoms with Crippen molar-refractivity contribution in [3.05, 3.63) is 85.1 Å². The third-order valence-corrected chi connectivity index (χ3v) is 14.9. The number of esters is 3. The summed E-state index contributed by atoms with van der Waals surface area (Å²) in [7, 11) is 0. The number of rotatable bonds is 62. The molecule has 0 saturated heterocycles. The number of carbonyl (C=O) groups is 3. The van der Waals surface area contributed by atoms with Crippen molar-refractivity contribution in [3.8, 4) is 0 Å². The van der Waals surface area contributed by atoms with E-state index in [4.69, 9.17) is 14.2 Å². The third-order valence-electron chi connectivity index (χ3n) is 14.9. The minimum Gasteiger partial charge on any atom is -0.462 e. The van der Waals surface area contributed by atoms with E-state index in [1.54, 1.807) is 0 Å². The Hall–Kier alpha value is -3.41. The molecule has 6 nitrogen and oxygen atoms in total. The van der Waals surface area contributed by atoms with E-state index in [1.165, 1.54) is 186 Å². The zero-order valence-corrected chi connectivity index (χ0v) is 52.4. The Morgan fingerprint density at radius 2 is 0.506 bits per heavy atom. The second kappa shape index (κ2) is 67.1. The van der Waals surface area contributed by atoms with Crippen LogP contribution in [0.4, 0.5) is 0 Å². The number of ether oxygens (including phenoxy) is 3. The molecule has 456 valence electrons. The predicted octanol–water partition coefficient (Wildman–Crippen LogP) is 23.4. The van der Waals surface area contributed by atoms with Gasteiger partial charge in [0.2, 0.25) is 0 Å². The smallest absolute Gasteiger partial charge is 0.306 e. The van der Waals surface area contributed by atoms with Crippen molar-refractivity contribution in [2.75, 3.05) is 13.2 Å². The van der Waals surface area contributed by atoms with Crippen molar-refractivity contribution in [3.63, 3.8) is 0 Å². The fourth-order valence-electron chi connectivity index (χ4n) is 9.74. The summed E-state index contributed by atoms with van der Waals surface area (Å²) in [6.45, 7) is 6.48. The van der Waals surface area contributed by atoms with E-state index >= 15 is 0 Å². The van der Waals surface area contributed by atoms with E-state index in [9.17, 15) is 14.4 Å². The second-order valence-corrected chi connectivity index (χ2v) is 22.7. The standard InChI is InChI=1S/C73H128O6/c1-4-7-10-13-16-19-22-24-26-27-28-29-30-31-32-33-34-35-36-37-38-39-40-41-42-43-44-45-47-48-51-54-57-60-63-66-72(75)78-69-70(68-77-71(74)65-62-59-56-53-50-21-18-15-12-9-6-3)79-73(76)67-64-61-58-55-52-49-46-25-23-20-17-14-11-8-5-2/h7,10,15-20,24-26,28-29,46,70H,4-6,8-9,11-14,21-23,27,30-45,47-69H2,1-3H3/b10-7-,18-15-,19-16-,20-17-,26-24-,29-28-,46-25-. The van der Waals surface area contributed by atoms with Crippen LogP contribution in [0.1, 0.15) is 342 Å². The Balaban J connectivity index is 4.05. The monoisotopic (exact) mass is 1100 g/mol. The lowest BCUT2D eigenvalue weighted by molar-refractivity contribution is -0.167. The minimum atomic E-state index is -0.784. The average molecular weight is 1100 g/mol. The summed E-state index contributed by atoms with van der Waals surface area (Å²) in [6.07, 6.45) is 89.1. The fourth-order valence-corrected chi connectivity index (χ4v) is 9.74. The lowest BCUT2D eigenvalue weighted by atomic mass is 10.0. The number of carbonyl (C=O) groups excluding carboxylic acids is 3. The van der Waals surface area contributed by atoms with Gasteiger partial charge >= 0.3 is 17.9 Å². The van der Waals surface area contributed by atoms with Gasteiger partial charge in [-0.05, 0) is 109 Å². The SMILES string of the molecule is CC/C=C\C/C=C\C/C=C\C/C=C\CCCCCCCCCCCCCCCCCCCCCCCCC(=O)OCC(COC(=O)CCCCCCC/C=C\CCCC)OC(=O)CCCCCCC/C=C\C/C=C\CCCCC. The predicted molar refractivity (Wildman–Crippen MR) is 344 cm³/mol. The van der Waals surface area contributed by atoms with Crippen LogP contribution in [0.2, 0.25) is 0 Å². The van der Waals surface area contributed by atoms with Gasteiger partial charge in [0.05, 0.1) is 0 Å². The number of allylic oxidation sites excluding steroid dienone is 14. The van der Waals surface area contributed by atoms with Gasteiger partial charge in [-0.1, -0.05) is 298 Å². The van der Waals surface area contributed by atoms with Crippen LogP contribution in [-0.2, 0) is 28.6 Å². The minimum absolute atomic E-state index is 0.0806. The van der Waals surface area contributed by atoms with Gasteiger partial charge in [0.15, 0.2) is 6.10 Å². The van der Waals surface area contributed by atoms with Crippen LogP contribution in [-0.4, -0.2) is 37.2 Å². The van der Waals surface area contributed by atoms with Crippen molar-refractivity contribution >= 4 is 17.9 Å².